The summed E-state index contributed by atoms with van der Waals surface area (Å²) >= 11 is 0. The average Bonchev–Trinajstić information content (AvgIpc) is 3.42. The summed E-state index contributed by atoms with van der Waals surface area (Å²) < 4.78 is 65.9. The van der Waals surface area contributed by atoms with Gasteiger partial charge in [0.25, 0.3) is 0 Å². The van der Waals surface area contributed by atoms with Crippen LogP contribution in [0.5, 0.6) is 0 Å². The van der Waals surface area contributed by atoms with E-state index in [2.05, 4.69) is 91.0 Å². The molecule has 3 aromatic carbocycles. The Kier molecular flexibility index (Phi) is 6.86. The Morgan fingerprint density at radius 3 is 1.76 bits per heavy atom. The molecule has 2 aliphatic rings. The highest BCUT2D eigenvalue weighted by Gasteiger charge is 2.64. The van der Waals surface area contributed by atoms with E-state index in [0.29, 0.717) is 6.04 Å². The van der Waals surface area contributed by atoms with Gasteiger partial charge in [0.1, 0.15) is 6.04 Å². The molecule has 0 saturated carbocycles. The molecule has 3 aromatic rings. The molecule has 0 spiro atoms. The van der Waals surface area contributed by atoms with Crippen molar-refractivity contribution in [1.82, 2.24) is 0 Å². The van der Waals surface area contributed by atoms with Crippen LogP contribution in [0.15, 0.2) is 91.0 Å². The van der Waals surface area contributed by atoms with Crippen molar-refractivity contribution >= 4 is 22.6 Å². The highest BCUT2D eigenvalue weighted by Crippen LogP contribution is 2.41. The summed E-state index contributed by atoms with van der Waals surface area (Å²) in [5.74, 6) is 0. The first kappa shape index (κ1) is 24.5. The van der Waals surface area contributed by atoms with Crippen molar-refractivity contribution in [2.45, 2.75) is 30.0 Å². The second kappa shape index (κ2) is 9.54. The van der Waals surface area contributed by atoms with Crippen molar-refractivity contribution in [1.29, 1.82) is 0 Å². The third kappa shape index (κ3) is 4.63. The smallest absolute Gasteiger partial charge is 0.610 e. The summed E-state index contributed by atoms with van der Waals surface area (Å²) in [7, 11) is -6.00. The van der Waals surface area contributed by atoms with Crippen LogP contribution in [0, 0.1) is 0 Å². The van der Waals surface area contributed by atoms with Crippen LogP contribution in [-0.4, -0.2) is 38.1 Å². The lowest BCUT2D eigenvalue weighted by Crippen LogP contribution is -3.19. The van der Waals surface area contributed by atoms with Crippen LogP contribution in [0.1, 0.15) is 24.0 Å². The first-order valence-corrected chi connectivity index (χ1v) is 12.3. The lowest BCUT2D eigenvalue weighted by atomic mass is 9.72. The van der Waals surface area contributed by atoms with Gasteiger partial charge in [-0.25, -0.2) is 8.42 Å². The van der Waals surface area contributed by atoms with Gasteiger partial charge in [-0.3, -0.25) is 0 Å². The Hall–Kier alpha value is -2.66. The number of rotatable bonds is 3. The van der Waals surface area contributed by atoms with Gasteiger partial charge in [0.05, 0.1) is 6.54 Å². The van der Waals surface area contributed by atoms with E-state index in [1.165, 1.54) is 36.0 Å². The fourth-order valence-corrected chi connectivity index (χ4v) is 4.98. The Morgan fingerprint density at radius 1 is 0.882 bits per heavy atom. The number of nitrogens with one attached hydrogen (secondary N) is 1. The summed E-state index contributed by atoms with van der Waals surface area (Å²) in [6.45, 7) is 1.17. The standard InChI is InChI=1S/C23H22BNO.CHF3O3S/c1-4-11-19(12-5-1)23(20-13-6-2-7-14-20)22-17-10-18-25(22)24(26-23)21-15-8-3-9-16-21;2-1(3,4)8(5,6)7/h1-9,11-16,22H,10,17-18H2;(H,5,6,7). The summed E-state index contributed by atoms with van der Waals surface area (Å²) in [6, 6.07) is 32.8. The maximum absolute atomic E-state index is 10.7. The number of alkyl halides is 3. The van der Waals surface area contributed by atoms with Crippen LogP contribution in [-0.2, 0) is 20.4 Å². The van der Waals surface area contributed by atoms with E-state index in [1.807, 2.05) is 0 Å². The maximum atomic E-state index is 10.7. The molecule has 5 nitrogen and oxygen atoms in total. The van der Waals surface area contributed by atoms with Gasteiger partial charge >= 0.3 is 12.6 Å². The summed E-state index contributed by atoms with van der Waals surface area (Å²) in [6.07, 6.45) is 2.45. The van der Waals surface area contributed by atoms with Crippen molar-refractivity contribution in [2.75, 3.05) is 6.54 Å². The third-order valence-electron chi connectivity index (χ3n) is 6.33. The zero-order valence-electron chi connectivity index (χ0n) is 18.1. The first-order chi connectivity index (χ1) is 16.1. The van der Waals surface area contributed by atoms with Gasteiger partial charge in [0.2, 0.25) is 0 Å². The predicted octanol–water partition coefficient (Wildman–Crippen LogP) is 2.45. The highest BCUT2D eigenvalue weighted by molar-refractivity contribution is 7.86. The molecule has 5 rings (SSSR count). The molecule has 0 radical (unpaired) electrons. The minimum Gasteiger partial charge on any atom is -0.741 e. The van der Waals surface area contributed by atoms with Gasteiger partial charge < -0.3 is 14.0 Å². The fraction of sp³-hybridized carbons (Fsp3) is 0.250. The third-order valence-corrected chi connectivity index (χ3v) is 6.90. The largest absolute Gasteiger partial charge is 0.741 e. The Morgan fingerprint density at radius 2 is 1.32 bits per heavy atom. The summed E-state index contributed by atoms with van der Waals surface area (Å²) in [5.41, 5.74) is -2.20. The number of fused-ring (bicyclic) bond motifs is 1. The molecular formula is C24H23BF3NO4S. The van der Waals surface area contributed by atoms with Crippen molar-refractivity contribution < 1.29 is 35.6 Å². The molecule has 178 valence electrons. The average molecular weight is 489 g/mol. The van der Waals surface area contributed by atoms with Crippen LogP contribution in [0.3, 0.4) is 0 Å². The van der Waals surface area contributed by atoms with E-state index in [1.54, 1.807) is 4.81 Å². The molecule has 2 unspecified atom stereocenters. The van der Waals surface area contributed by atoms with Crippen molar-refractivity contribution in [3.8, 4) is 0 Å². The van der Waals surface area contributed by atoms with Crippen LogP contribution in [0.4, 0.5) is 13.2 Å². The van der Waals surface area contributed by atoms with Crippen LogP contribution >= 0.6 is 0 Å². The number of hydrogen-bond acceptors (Lipinski definition) is 4. The molecule has 0 bridgehead atoms. The Bertz CT molecular complexity index is 1160. The molecule has 0 amide bonds. The van der Waals surface area contributed by atoms with Gasteiger partial charge in [-0.2, -0.15) is 13.2 Å². The summed E-state index contributed by atoms with van der Waals surface area (Å²) in [4.78, 5) is 1.57. The van der Waals surface area contributed by atoms with Gasteiger partial charge in [-0.05, 0) is 11.1 Å². The van der Waals surface area contributed by atoms with E-state index < -0.39 is 15.6 Å². The molecule has 2 fully saturated rings. The minimum atomic E-state index is -6.09. The van der Waals surface area contributed by atoms with Gasteiger partial charge in [0.15, 0.2) is 15.7 Å². The van der Waals surface area contributed by atoms with Crippen molar-refractivity contribution in [3.05, 3.63) is 102 Å². The molecule has 10 heteroatoms. The van der Waals surface area contributed by atoms with E-state index in [9.17, 15) is 13.2 Å². The SMILES string of the molecule is O=S(=O)([O-])C(F)(F)F.c1ccc(B2OC(c3ccccc3)(c3ccccc3)C3CCC[NH+]23)cc1. The van der Waals surface area contributed by atoms with E-state index in [4.69, 9.17) is 17.6 Å². The fourth-order valence-electron chi connectivity index (χ4n) is 4.98. The van der Waals surface area contributed by atoms with Gasteiger partial charge in [0, 0.05) is 18.3 Å². The molecule has 2 aliphatic heterocycles. The molecule has 2 saturated heterocycles. The number of quaternary nitrogens is 1. The van der Waals surface area contributed by atoms with Crippen molar-refractivity contribution in [3.63, 3.8) is 0 Å². The van der Waals surface area contributed by atoms with Gasteiger partial charge in [-0.1, -0.05) is 91.0 Å². The zero-order valence-corrected chi connectivity index (χ0v) is 18.9. The molecule has 0 aliphatic carbocycles. The second-order valence-corrected chi connectivity index (χ2v) is 9.67. The number of benzene rings is 3. The topological polar surface area (TPSA) is 70.9 Å². The zero-order chi connectivity index (χ0) is 24.4. The monoisotopic (exact) mass is 489 g/mol. The molecule has 1 N–H and O–H groups in total. The van der Waals surface area contributed by atoms with E-state index in [0.717, 1.165) is 0 Å². The number of hydrogen-bond donors (Lipinski definition) is 1. The van der Waals surface area contributed by atoms with E-state index in [-0.39, 0.29) is 12.7 Å². The molecule has 0 aromatic heterocycles. The quantitative estimate of drug-likeness (QED) is 0.349. The highest BCUT2D eigenvalue weighted by atomic mass is 32.2. The van der Waals surface area contributed by atoms with Crippen LogP contribution < -0.4 is 10.3 Å². The lowest BCUT2D eigenvalue weighted by molar-refractivity contribution is -0.799. The molecule has 2 atom stereocenters. The molecular weight excluding hydrogens is 466 g/mol. The normalized spacial score (nSPS) is 21.5. The number of halogens is 3. The molecule has 2 heterocycles. The Labute approximate surface area is 197 Å². The van der Waals surface area contributed by atoms with Gasteiger partial charge in [-0.15, -0.1) is 0 Å². The first-order valence-electron chi connectivity index (χ1n) is 10.9. The predicted molar refractivity (Wildman–Crippen MR) is 121 cm³/mol. The van der Waals surface area contributed by atoms with Crippen LogP contribution in [0.2, 0.25) is 0 Å². The minimum absolute atomic E-state index is 0.0871. The van der Waals surface area contributed by atoms with Crippen LogP contribution in [0.25, 0.3) is 0 Å². The summed E-state index contributed by atoms with van der Waals surface area (Å²) in [5, 5.41) is 0. The van der Waals surface area contributed by atoms with Crippen molar-refractivity contribution in [2.24, 2.45) is 0 Å². The lowest BCUT2D eigenvalue weighted by Gasteiger charge is -2.33. The van der Waals surface area contributed by atoms with E-state index >= 15 is 0 Å². The second-order valence-electron chi connectivity index (χ2n) is 8.30. The molecule has 34 heavy (non-hydrogen) atoms. The maximum Gasteiger partial charge on any atom is 0.610 e. The Balaban J connectivity index is 0.000000297.